The third kappa shape index (κ3) is 4.54. The van der Waals surface area contributed by atoms with Crippen LogP contribution < -0.4 is 5.32 Å². The molecule has 23 heavy (non-hydrogen) atoms. The Kier molecular flexibility index (Phi) is 5.51. The van der Waals surface area contributed by atoms with Gasteiger partial charge in [-0.2, -0.15) is 0 Å². The van der Waals surface area contributed by atoms with Crippen molar-refractivity contribution in [2.24, 2.45) is 0 Å². The van der Waals surface area contributed by atoms with Crippen LogP contribution in [0.25, 0.3) is 0 Å². The molecule has 2 atom stereocenters. The van der Waals surface area contributed by atoms with Crippen molar-refractivity contribution >= 4 is 14.0 Å². The van der Waals surface area contributed by atoms with E-state index in [0.29, 0.717) is 5.69 Å². The number of hydrogen-bond acceptors (Lipinski definition) is 2. The second-order valence-corrected chi connectivity index (χ2v) is 12.8. The first-order valence-electron chi connectivity index (χ1n) is 8.49. The lowest BCUT2D eigenvalue weighted by Crippen LogP contribution is -2.49. The van der Waals surface area contributed by atoms with Crippen LogP contribution in [0.15, 0.2) is 18.2 Å². The van der Waals surface area contributed by atoms with Crippen molar-refractivity contribution in [2.75, 3.05) is 5.32 Å². The maximum absolute atomic E-state index is 13.4. The van der Waals surface area contributed by atoms with Gasteiger partial charge >= 0.3 is 0 Å². The zero-order valence-electron chi connectivity index (χ0n) is 14.9. The Morgan fingerprint density at radius 1 is 1.09 bits per heavy atom. The minimum atomic E-state index is -1.85. The highest BCUT2D eigenvalue weighted by Crippen LogP contribution is 2.39. The number of benzene rings is 1. The number of anilines is 1. The molecule has 1 saturated carbocycles. The maximum Gasteiger partial charge on any atom is 0.192 e. The van der Waals surface area contributed by atoms with Crippen LogP contribution in [0.5, 0.6) is 0 Å². The molecule has 130 valence electrons. The molecule has 5 heteroatoms. The SMILES string of the molecule is CC(C)(C)[Si](C)(C)O[C@@H]1CCCC[C@H]1Nc1ccc(F)c(F)c1. The van der Waals surface area contributed by atoms with E-state index >= 15 is 0 Å². The lowest BCUT2D eigenvalue weighted by molar-refractivity contribution is 0.124. The van der Waals surface area contributed by atoms with Gasteiger partial charge in [-0.15, -0.1) is 0 Å². The Bertz CT molecular complexity index is 542. The molecule has 0 radical (unpaired) electrons. The van der Waals surface area contributed by atoms with Crippen molar-refractivity contribution in [3.63, 3.8) is 0 Å². The average Bonchev–Trinajstić information content (AvgIpc) is 2.43. The highest BCUT2D eigenvalue weighted by atomic mass is 28.4. The molecular formula is C18H29F2NOSi. The Morgan fingerprint density at radius 2 is 1.74 bits per heavy atom. The van der Waals surface area contributed by atoms with Gasteiger partial charge in [-0.05, 0) is 43.1 Å². The summed E-state index contributed by atoms with van der Waals surface area (Å²) in [5.74, 6) is -1.62. The van der Waals surface area contributed by atoms with Crippen LogP contribution in [0.4, 0.5) is 14.5 Å². The molecule has 1 aromatic carbocycles. The van der Waals surface area contributed by atoms with Gasteiger partial charge in [0.05, 0.1) is 12.1 Å². The van der Waals surface area contributed by atoms with Gasteiger partial charge in [0, 0.05) is 11.8 Å². The van der Waals surface area contributed by atoms with Crippen LogP contribution in [0.2, 0.25) is 18.1 Å². The fourth-order valence-corrected chi connectivity index (χ4v) is 4.15. The first-order chi connectivity index (χ1) is 10.6. The standard InChI is InChI=1S/C18H29F2NOSi/c1-18(2,3)23(4,5)22-17-9-7-6-8-16(17)21-13-10-11-14(19)15(20)12-13/h10-12,16-17,21H,6-9H2,1-5H3/t16-,17-/m1/s1. The fraction of sp³-hybridized carbons (Fsp3) is 0.667. The molecule has 2 rings (SSSR count). The zero-order valence-corrected chi connectivity index (χ0v) is 15.9. The Hall–Kier alpha value is -0.943. The van der Waals surface area contributed by atoms with E-state index in [1.165, 1.54) is 12.1 Å². The van der Waals surface area contributed by atoms with Crippen LogP contribution in [0.1, 0.15) is 46.5 Å². The molecule has 1 aliphatic rings. The minimum absolute atomic E-state index is 0.137. The van der Waals surface area contributed by atoms with Crippen LogP contribution in [0, 0.1) is 11.6 Å². The number of nitrogens with one attached hydrogen (secondary N) is 1. The zero-order chi connectivity index (χ0) is 17.3. The first-order valence-corrected chi connectivity index (χ1v) is 11.4. The van der Waals surface area contributed by atoms with E-state index in [9.17, 15) is 8.78 Å². The minimum Gasteiger partial charge on any atom is -0.412 e. The molecule has 1 fully saturated rings. The molecule has 0 saturated heterocycles. The summed E-state index contributed by atoms with van der Waals surface area (Å²) in [5, 5.41) is 3.53. The van der Waals surface area contributed by atoms with E-state index in [2.05, 4.69) is 39.2 Å². The summed E-state index contributed by atoms with van der Waals surface area (Å²) >= 11 is 0. The van der Waals surface area contributed by atoms with Crippen LogP contribution in [-0.4, -0.2) is 20.5 Å². The Balaban J connectivity index is 2.10. The smallest absolute Gasteiger partial charge is 0.192 e. The third-order valence-corrected chi connectivity index (χ3v) is 9.73. The lowest BCUT2D eigenvalue weighted by atomic mass is 9.92. The van der Waals surface area contributed by atoms with Gasteiger partial charge in [-0.1, -0.05) is 33.6 Å². The summed E-state index contributed by atoms with van der Waals surface area (Å²) in [7, 11) is -1.85. The van der Waals surface area contributed by atoms with E-state index in [0.717, 1.165) is 25.7 Å². The molecule has 0 bridgehead atoms. The average molecular weight is 342 g/mol. The quantitative estimate of drug-likeness (QED) is 0.708. The van der Waals surface area contributed by atoms with E-state index in [-0.39, 0.29) is 17.2 Å². The topological polar surface area (TPSA) is 21.3 Å². The van der Waals surface area contributed by atoms with E-state index in [4.69, 9.17) is 4.43 Å². The lowest BCUT2D eigenvalue weighted by Gasteiger charge is -2.43. The van der Waals surface area contributed by atoms with Crippen molar-refractivity contribution in [3.05, 3.63) is 29.8 Å². The van der Waals surface area contributed by atoms with Crippen molar-refractivity contribution in [1.29, 1.82) is 0 Å². The molecule has 0 amide bonds. The summed E-state index contributed by atoms with van der Waals surface area (Å²) in [5.41, 5.74) is 0.625. The highest BCUT2D eigenvalue weighted by molar-refractivity contribution is 6.74. The van der Waals surface area contributed by atoms with Gasteiger partial charge in [0.1, 0.15) is 0 Å². The van der Waals surface area contributed by atoms with Crippen molar-refractivity contribution < 1.29 is 13.2 Å². The molecule has 0 aliphatic heterocycles. The van der Waals surface area contributed by atoms with Crippen LogP contribution >= 0.6 is 0 Å². The highest BCUT2D eigenvalue weighted by Gasteiger charge is 2.41. The van der Waals surface area contributed by atoms with Gasteiger partial charge in [0.2, 0.25) is 0 Å². The van der Waals surface area contributed by atoms with Crippen molar-refractivity contribution in [1.82, 2.24) is 0 Å². The summed E-state index contributed by atoms with van der Waals surface area (Å²) in [6, 6.07) is 4.15. The van der Waals surface area contributed by atoms with Crippen LogP contribution in [0.3, 0.4) is 0 Å². The Morgan fingerprint density at radius 3 is 2.35 bits per heavy atom. The molecule has 1 N–H and O–H groups in total. The number of halogens is 2. The van der Waals surface area contributed by atoms with Gasteiger partial charge in [0.25, 0.3) is 0 Å². The molecule has 0 spiro atoms. The van der Waals surface area contributed by atoms with E-state index in [1.807, 2.05) is 0 Å². The second-order valence-electron chi connectivity index (χ2n) is 8.08. The van der Waals surface area contributed by atoms with Gasteiger partial charge in [0.15, 0.2) is 20.0 Å². The molecule has 1 aliphatic carbocycles. The van der Waals surface area contributed by atoms with Crippen molar-refractivity contribution in [2.45, 2.75) is 76.7 Å². The summed E-state index contributed by atoms with van der Waals surface area (Å²) in [4.78, 5) is 0. The largest absolute Gasteiger partial charge is 0.412 e. The molecule has 0 unspecified atom stereocenters. The van der Waals surface area contributed by atoms with E-state index < -0.39 is 20.0 Å². The van der Waals surface area contributed by atoms with Crippen molar-refractivity contribution in [3.8, 4) is 0 Å². The summed E-state index contributed by atoms with van der Waals surface area (Å²) in [6.07, 6.45) is 4.46. The number of rotatable bonds is 4. The van der Waals surface area contributed by atoms with Gasteiger partial charge in [-0.25, -0.2) is 8.78 Å². The summed E-state index contributed by atoms with van der Waals surface area (Å²) in [6.45, 7) is 11.2. The van der Waals surface area contributed by atoms with Gasteiger partial charge < -0.3 is 9.74 Å². The molecular weight excluding hydrogens is 312 g/mol. The second kappa shape index (κ2) is 6.89. The van der Waals surface area contributed by atoms with E-state index in [1.54, 1.807) is 6.07 Å². The predicted octanol–water partition coefficient (Wildman–Crippen LogP) is 5.71. The fourth-order valence-electron chi connectivity index (χ4n) is 2.76. The summed E-state index contributed by atoms with van der Waals surface area (Å²) < 4.78 is 33.1. The van der Waals surface area contributed by atoms with Gasteiger partial charge in [-0.3, -0.25) is 0 Å². The molecule has 0 heterocycles. The van der Waals surface area contributed by atoms with Crippen LogP contribution in [-0.2, 0) is 4.43 Å². The third-order valence-electron chi connectivity index (χ3n) is 5.23. The first kappa shape index (κ1) is 18.4. The molecule has 1 aromatic rings. The Labute approximate surface area is 139 Å². The number of hydrogen-bond donors (Lipinski definition) is 1. The normalized spacial score (nSPS) is 22.9. The predicted molar refractivity (Wildman–Crippen MR) is 94.3 cm³/mol. The monoisotopic (exact) mass is 341 g/mol. The molecule has 2 nitrogen and oxygen atoms in total. The maximum atomic E-state index is 13.4. The molecule has 0 aromatic heterocycles.